The van der Waals surface area contributed by atoms with Gasteiger partial charge in [-0.2, -0.15) is 0 Å². The molecule has 1 saturated carbocycles. The molecule has 118 valence electrons. The summed E-state index contributed by atoms with van der Waals surface area (Å²) in [6.45, 7) is 0. The zero-order valence-electron chi connectivity index (χ0n) is 13.2. The molecule has 3 heteroatoms. The molecule has 1 fully saturated rings. The van der Waals surface area contributed by atoms with Crippen LogP contribution in [0.5, 0.6) is 0 Å². The molecular formula is C21H17AsS2. The Balaban J connectivity index is 1.77. The van der Waals surface area contributed by atoms with Crippen molar-refractivity contribution in [2.75, 3.05) is 0 Å². The van der Waals surface area contributed by atoms with Crippen molar-refractivity contribution in [3.8, 4) is 0 Å². The maximum absolute atomic E-state index is 2.36. The normalized spacial score (nSPS) is 17.8. The molecule has 0 radical (unpaired) electrons. The predicted octanol–water partition coefficient (Wildman–Crippen LogP) is 5.69. The summed E-state index contributed by atoms with van der Waals surface area (Å²) >= 11 is 2.40. The Morgan fingerprint density at radius 3 is 1.75 bits per heavy atom. The van der Waals surface area contributed by atoms with Crippen molar-refractivity contribution in [1.82, 2.24) is 0 Å². The molecule has 1 aliphatic carbocycles. The average Bonchev–Trinajstić information content (AvgIpc) is 3.38. The van der Waals surface area contributed by atoms with Crippen molar-refractivity contribution in [3.63, 3.8) is 0 Å². The van der Waals surface area contributed by atoms with Crippen LogP contribution in [0.3, 0.4) is 0 Å². The van der Waals surface area contributed by atoms with Gasteiger partial charge in [0.05, 0.1) is 0 Å². The van der Waals surface area contributed by atoms with Gasteiger partial charge in [-0.25, -0.2) is 0 Å². The monoisotopic (exact) mass is 408 g/mol. The van der Waals surface area contributed by atoms with Crippen molar-refractivity contribution < 1.29 is 0 Å². The van der Waals surface area contributed by atoms with Crippen LogP contribution in [0.2, 0.25) is 0 Å². The van der Waals surface area contributed by atoms with Crippen LogP contribution < -0.4 is 4.35 Å². The Morgan fingerprint density at radius 2 is 1.25 bits per heavy atom. The molecule has 1 aliphatic heterocycles. The Morgan fingerprint density at radius 1 is 0.667 bits per heavy atom. The summed E-state index contributed by atoms with van der Waals surface area (Å²) in [5, 5.41) is 4.47. The van der Waals surface area contributed by atoms with Gasteiger partial charge in [-0.3, -0.25) is 0 Å². The number of allylic oxidation sites excluding steroid dienone is 2. The predicted molar refractivity (Wildman–Crippen MR) is 108 cm³/mol. The van der Waals surface area contributed by atoms with Gasteiger partial charge in [0.15, 0.2) is 0 Å². The Labute approximate surface area is 155 Å². The van der Waals surface area contributed by atoms with E-state index in [0.29, 0.717) is 0 Å². The minimum atomic E-state index is -1.44. The van der Waals surface area contributed by atoms with Crippen molar-refractivity contribution in [2.24, 2.45) is 0 Å². The zero-order valence-corrected chi connectivity index (χ0v) is 16.7. The van der Waals surface area contributed by atoms with E-state index >= 15 is 0 Å². The molecule has 0 amide bonds. The number of rotatable bonds is 3. The molecule has 0 nitrogen and oxygen atoms in total. The third-order valence-electron chi connectivity index (χ3n) is 4.76. The van der Waals surface area contributed by atoms with E-state index in [1.54, 1.807) is 24.2 Å². The molecule has 0 bridgehead atoms. The summed E-state index contributed by atoms with van der Waals surface area (Å²) in [6, 6.07) is 20.4. The molecule has 3 aromatic rings. The summed E-state index contributed by atoms with van der Waals surface area (Å²) in [5.41, 5.74) is 3.40. The fourth-order valence-electron chi connectivity index (χ4n) is 3.83. The van der Waals surface area contributed by atoms with Crippen LogP contribution in [-0.2, 0) is 0 Å². The van der Waals surface area contributed by atoms with Crippen LogP contribution in [0.15, 0.2) is 76.5 Å². The van der Waals surface area contributed by atoms with Gasteiger partial charge >= 0.3 is 156 Å². The number of benzene rings is 1. The molecule has 0 saturated heterocycles. The summed E-state index contributed by atoms with van der Waals surface area (Å²) in [5.74, 6) is 0. The van der Waals surface area contributed by atoms with Gasteiger partial charge in [0.25, 0.3) is 0 Å². The number of hydrogen-bond acceptors (Lipinski definition) is 2. The van der Waals surface area contributed by atoms with E-state index in [2.05, 4.69) is 65.4 Å². The van der Waals surface area contributed by atoms with E-state index in [0.717, 1.165) is 0 Å². The summed E-state index contributed by atoms with van der Waals surface area (Å²) in [4.78, 5) is 3.03. The first-order valence-electron chi connectivity index (χ1n) is 8.33. The van der Waals surface area contributed by atoms with Gasteiger partial charge in [0.1, 0.15) is 0 Å². The molecule has 0 atom stereocenters. The van der Waals surface area contributed by atoms with E-state index in [1.165, 1.54) is 29.0 Å². The summed E-state index contributed by atoms with van der Waals surface area (Å²) < 4.78 is 5.02. The number of fused-ring (bicyclic) bond motifs is 1. The summed E-state index contributed by atoms with van der Waals surface area (Å²) in [6.07, 6.45) is 3.87. The first-order chi connectivity index (χ1) is 11.9. The molecule has 0 spiro atoms. The first-order valence-corrected chi connectivity index (χ1v) is 12.9. The second-order valence-electron chi connectivity index (χ2n) is 6.13. The van der Waals surface area contributed by atoms with Gasteiger partial charge in [-0.1, -0.05) is 0 Å². The zero-order chi connectivity index (χ0) is 15.9. The standard InChI is InChI=1S/C21H17AsS2/c1-2-7-15(8-3-1)22-20(18-11-5-13-23-18)16-9-4-10-17(16)21(22)19-12-6-14-24-19/h1-3,5-8,11-14H,4,9-10H2. The quantitative estimate of drug-likeness (QED) is 0.488. The molecular weight excluding hydrogens is 391 g/mol. The molecule has 2 aliphatic rings. The SMILES string of the molecule is c1ccc([As]2C(c3cccs3)=C3CCCC3=C2c2cccs2)cc1. The fraction of sp³-hybridized carbons (Fsp3) is 0.143. The molecule has 2 aromatic heterocycles. The Hall–Kier alpha value is -1.34. The third-order valence-corrected chi connectivity index (χ3v) is 12.9. The van der Waals surface area contributed by atoms with Crippen molar-refractivity contribution in [3.05, 3.63) is 86.3 Å². The fourth-order valence-corrected chi connectivity index (χ4v) is 12.8. The molecule has 3 heterocycles. The van der Waals surface area contributed by atoms with Gasteiger partial charge in [0.2, 0.25) is 0 Å². The number of thiophene rings is 2. The van der Waals surface area contributed by atoms with Gasteiger partial charge in [0, 0.05) is 0 Å². The van der Waals surface area contributed by atoms with Crippen LogP contribution in [-0.4, -0.2) is 14.7 Å². The molecule has 5 rings (SSSR count). The Bertz CT molecular complexity index is 857. The van der Waals surface area contributed by atoms with Crippen LogP contribution in [0.1, 0.15) is 29.0 Å². The molecule has 24 heavy (non-hydrogen) atoms. The van der Waals surface area contributed by atoms with Crippen LogP contribution in [0, 0.1) is 0 Å². The molecule has 0 N–H and O–H groups in total. The first kappa shape index (κ1) is 15.0. The van der Waals surface area contributed by atoms with Gasteiger partial charge < -0.3 is 0 Å². The van der Waals surface area contributed by atoms with E-state index in [9.17, 15) is 0 Å². The van der Waals surface area contributed by atoms with Gasteiger partial charge in [-0.05, 0) is 0 Å². The van der Waals surface area contributed by atoms with Crippen molar-refractivity contribution in [2.45, 2.75) is 19.3 Å². The third kappa shape index (κ3) is 2.32. The molecule has 0 unspecified atom stereocenters. The topological polar surface area (TPSA) is 0 Å². The van der Waals surface area contributed by atoms with Crippen LogP contribution in [0.4, 0.5) is 0 Å². The van der Waals surface area contributed by atoms with Crippen LogP contribution in [0.25, 0.3) is 8.72 Å². The van der Waals surface area contributed by atoms with Gasteiger partial charge in [-0.15, -0.1) is 0 Å². The van der Waals surface area contributed by atoms with E-state index in [1.807, 2.05) is 22.7 Å². The minimum absolute atomic E-state index is 1.27. The summed E-state index contributed by atoms with van der Waals surface area (Å²) in [7, 11) is 0. The maximum atomic E-state index is 2.36. The second-order valence-corrected chi connectivity index (χ2v) is 12.4. The van der Waals surface area contributed by atoms with Crippen LogP contribution >= 0.6 is 22.7 Å². The number of hydrogen-bond donors (Lipinski definition) is 0. The van der Waals surface area contributed by atoms with E-state index < -0.39 is 14.7 Å². The second kappa shape index (κ2) is 6.18. The van der Waals surface area contributed by atoms with E-state index in [-0.39, 0.29) is 0 Å². The molecule has 1 aromatic carbocycles. The van der Waals surface area contributed by atoms with E-state index in [4.69, 9.17) is 0 Å². The average molecular weight is 408 g/mol. The van der Waals surface area contributed by atoms with Crippen molar-refractivity contribution in [1.29, 1.82) is 0 Å². The Kier molecular flexibility index (Phi) is 3.85. The van der Waals surface area contributed by atoms with Crippen molar-refractivity contribution >= 4 is 50.4 Å².